The summed E-state index contributed by atoms with van der Waals surface area (Å²) in [5.74, 6) is -2.15. The number of nitrogens with one attached hydrogen (secondary N) is 2. The van der Waals surface area contributed by atoms with Crippen LogP contribution in [-0.2, 0) is 29.3 Å². The van der Waals surface area contributed by atoms with Gasteiger partial charge in [-0.1, -0.05) is 18.6 Å². The topological polar surface area (TPSA) is 168 Å². The molecule has 4 amide bonds. The number of nitrogens with zero attached hydrogens (tertiary/aromatic N) is 2. The van der Waals surface area contributed by atoms with Crippen LogP contribution in [0.4, 0.5) is 4.79 Å². The molecule has 1 saturated carbocycles. The maximum Gasteiger partial charge on any atom is 0.405 e. The fraction of sp³-hybridized carbons (Fsp3) is 0.750. The SMILES string of the molecule is CC1CCCN1S(=O)(=O)NC(=O)C12CC1/C=C\CCCCCC(OC(N)=O)C(=O)N1CCCC1C(=O)N2. The third-order valence-electron chi connectivity index (χ3n) is 7.87. The van der Waals surface area contributed by atoms with Gasteiger partial charge in [-0.3, -0.25) is 14.4 Å². The van der Waals surface area contributed by atoms with Crippen LogP contribution in [-0.4, -0.2) is 78.3 Å². The zero-order valence-electron chi connectivity index (χ0n) is 21.2. The van der Waals surface area contributed by atoms with Crippen molar-refractivity contribution in [2.75, 3.05) is 13.1 Å². The molecule has 4 N–H and O–H groups in total. The molecule has 37 heavy (non-hydrogen) atoms. The highest BCUT2D eigenvalue weighted by molar-refractivity contribution is 7.87. The van der Waals surface area contributed by atoms with E-state index in [1.807, 2.05) is 12.2 Å². The number of primary amides is 1. The zero-order chi connectivity index (χ0) is 26.8. The van der Waals surface area contributed by atoms with Gasteiger partial charge in [0.05, 0.1) is 0 Å². The maximum absolute atomic E-state index is 13.4. The molecule has 0 spiro atoms. The average molecular weight is 540 g/mol. The summed E-state index contributed by atoms with van der Waals surface area (Å²) < 4.78 is 34.5. The molecule has 1 aliphatic carbocycles. The summed E-state index contributed by atoms with van der Waals surface area (Å²) in [4.78, 5) is 52.9. The Labute approximate surface area is 217 Å². The molecule has 0 radical (unpaired) electrons. The van der Waals surface area contributed by atoms with Crippen LogP contribution in [0.1, 0.15) is 71.1 Å². The number of hydrogen-bond donors (Lipinski definition) is 3. The number of carbonyl (C=O) groups excluding carboxylic acids is 4. The number of carbonyl (C=O) groups is 4. The minimum atomic E-state index is -4.06. The van der Waals surface area contributed by atoms with E-state index in [-0.39, 0.29) is 18.4 Å². The van der Waals surface area contributed by atoms with Crippen molar-refractivity contribution in [2.45, 2.75) is 94.9 Å². The van der Waals surface area contributed by atoms with Gasteiger partial charge in [-0.15, -0.1) is 0 Å². The van der Waals surface area contributed by atoms with Crippen LogP contribution in [0.5, 0.6) is 0 Å². The van der Waals surface area contributed by atoms with Crippen LogP contribution in [0, 0.1) is 5.92 Å². The van der Waals surface area contributed by atoms with Crippen LogP contribution >= 0.6 is 0 Å². The molecule has 0 aromatic carbocycles. The van der Waals surface area contributed by atoms with E-state index >= 15 is 0 Å². The number of fused-ring (bicyclic) bond motifs is 2. The maximum atomic E-state index is 13.4. The summed E-state index contributed by atoms with van der Waals surface area (Å²) in [5, 5.41) is 2.80. The van der Waals surface area contributed by atoms with Gasteiger partial charge in [0.2, 0.25) is 5.91 Å². The molecule has 5 unspecified atom stereocenters. The highest BCUT2D eigenvalue weighted by Gasteiger charge is 2.61. The standard InChI is InChI=1S/C24H37N5O7S/c1-16-9-7-14-29(16)37(34,35)27-22(32)24-15-17(24)10-5-3-2-4-6-12-19(36-23(25)33)21(31)28-13-8-11-18(28)20(30)26-24/h5,10,16-19H,2-4,6-9,11-15H2,1H3,(H2,25,33)(H,26,30)(H,27,32)/b10-5-. The lowest BCUT2D eigenvalue weighted by atomic mass is 10.1. The predicted octanol–water partition coefficient (Wildman–Crippen LogP) is 0.682. The van der Waals surface area contributed by atoms with Crippen molar-refractivity contribution < 1.29 is 32.3 Å². The molecular weight excluding hydrogens is 502 g/mol. The molecule has 4 aliphatic rings. The Morgan fingerprint density at radius 1 is 1.11 bits per heavy atom. The number of nitrogens with two attached hydrogens (primary N) is 1. The van der Waals surface area contributed by atoms with Gasteiger partial charge < -0.3 is 20.7 Å². The molecule has 5 atom stereocenters. The summed E-state index contributed by atoms with van der Waals surface area (Å²) in [7, 11) is -4.06. The van der Waals surface area contributed by atoms with Gasteiger partial charge in [-0.05, 0) is 64.7 Å². The van der Waals surface area contributed by atoms with Gasteiger partial charge in [0.1, 0.15) is 11.6 Å². The van der Waals surface area contributed by atoms with E-state index in [9.17, 15) is 27.6 Å². The zero-order valence-corrected chi connectivity index (χ0v) is 22.0. The lowest BCUT2D eigenvalue weighted by Crippen LogP contribution is -2.58. The average Bonchev–Trinajstić information content (AvgIpc) is 3.15. The molecule has 2 saturated heterocycles. The first-order valence-electron chi connectivity index (χ1n) is 13.1. The lowest BCUT2D eigenvalue weighted by Gasteiger charge is -2.29. The molecule has 12 nitrogen and oxygen atoms in total. The highest BCUT2D eigenvalue weighted by atomic mass is 32.2. The monoisotopic (exact) mass is 539 g/mol. The van der Waals surface area contributed by atoms with Crippen LogP contribution in [0.15, 0.2) is 12.2 Å². The van der Waals surface area contributed by atoms with E-state index < -0.39 is 51.7 Å². The number of amides is 4. The Morgan fingerprint density at radius 2 is 1.86 bits per heavy atom. The van der Waals surface area contributed by atoms with E-state index in [0.717, 1.165) is 25.7 Å². The fourth-order valence-corrected chi connectivity index (χ4v) is 7.19. The van der Waals surface area contributed by atoms with Crippen LogP contribution in [0.2, 0.25) is 0 Å². The second-order valence-corrected chi connectivity index (χ2v) is 12.1. The van der Waals surface area contributed by atoms with Gasteiger partial charge in [0, 0.05) is 25.0 Å². The molecule has 206 valence electrons. The Hall–Kier alpha value is -2.67. The minimum absolute atomic E-state index is 0.214. The second-order valence-electron chi connectivity index (χ2n) is 10.5. The first-order chi connectivity index (χ1) is 17.5. The van der Waals surface area contributed by atoms with E-state index in [1.54, 1.807) is 6.92 Å². The van der Waals surface area contributed by atoms with Crippen LogP contribution in [0.3, 0.4) is 0 Å². The van der Waals surface area contributed by atoms with E-state index in [4.69, 9.17) is 10.5 Å². The third-order valence-corrected chi connectivity index (χ3v) is 9.47. The lowest BCUT2D eigenvalue weighted by molar-refractivity contribution is -0.146. The molecule has 3 aliphatic heterocycles. The fourth-order valence-electron chi connectivity index (χ4n) is 5.71. The second kappa shape index (κ2) is 11.0. The third kappa shape index (κ3) is 5.92. The van der Waals surface area contributed by atoms with Crippen molar-refractivity contribution >= 4 is 34.0 Å². The van der Waals surface area contributed by atoms with Gasteiger partial charge in [0.25, 0.3) is 11.8 Å². The van der Waals surface area contributed by atoms with Crippen molar-refractivity contribution in [2.24, 2.45) is 11.7 Å². The first-order valence-corrected chi connectivity index (χ1v) is 14.6. The Balaban J connectivity index is 1.56. The number of rotatable bonds is 4. The van der Waals surface area contributed by atoms with Crippen molar-refractivity contribution in [3.8, 4) is 0 Å². The van der Waals surface area contributed by atoms with Gasteiger partial charge in [-0.2, -0.15) is 12.7 Å². The predicted molar refractivity (Wildman–Crippen MR) is 133 cm³/mol. The van der Waals surface area contributed by atoms with Crippen LogP contribution < -0.4 is 15.8 Å². The van der Waals surface area contributed by atoms with E-state index in [0.29, 0.717) is 45.2 Å². The quantitative estimate of drug-likeness (QED) is 0.441. The van der Waals surface area contributed by atoms with Gasteiger partial charge in [-0.25, -0.2) is 9.52 Å². The van der Waals surface area contributed by atoms with Gasteiger partial charge in [0.15, 0.2) is 6.10 Å². The summed E-state index contributed by atoms with van der Waals surface area (Å²) >= 11 is 0. The molecule has 0 aromatic rings. The van der Waals surface area contributed by atoms with Gasteiger partial charge >= 0.3 is 16.3 Å². The largest absolute Gasteiger partial charge is 0.436 e. The first kappa shape index (κ1) is 27.4. The highest BCUT2D eigenvalue weighted by Crippen LogP contribution is 2.45. The molecule has 3 heterocycles. The Bertz CT molecular complexity index is 1060. The molecule has 13 heteroatoms. The molecular formula is C24H37N5O7S. The van der Waals surface area contributed by atoms with Crippen LogP contribution in [0.25, 0.3) is 0 Å². The van der Waals surface area contributed by atoms with Crippen molar-refractivity contribution in [1.82, 2.24) is 19.2 Å². The molecule has 0 aromatic heterocycles. The van der Waals surface area contributed by atoms with Crippen molar-refractivity contribution in [3.05, 3.63) is 12.2 Å². The Kier molecular flexibility index (Phi) is 8.12. The normalized spacial score (nSPS) is 34.4. The smallest absolute Gasteiger partial charge is 0.405 e. The molecule has 4 rings (SSSR count). The number of ether oxygens (including phenoxy) is 1. The summed E-state index contributed by atoms with van der Waals surface area (Å²) in [6, 6.07) is -1.07. The van der Waals surface area contributed by atoms with Crippen molar-refractivity contribution in [3.63, 3.8) is 0 Å². The van der Waals surface area contributed by atoms with Crippen molar-refractivity contribution in [1.29, 1.82) is 0 Å². The summed E-state index contributed by atoms with van der Waals surface area (Å²) in [5.41, 5.74) is 3.78. The molecule has 0 bridgehead atoms. The van der Waals surface area contributed by atoms with E-state index in [1.165, 1.54) is 9.21 Å². The Morgan fingerprint density at radius 3 is 2.57 bits per heavy atom. The minimum Gasteiger partial charge on any atom is -0.436 e. The summed E-state index contributed by atoms with van der Waals surface area (Å²) in [6.45, 7) is 2.43. The molecule has 3 fully saturated rings. The summed E-state index contributed by atoms with van der Waals surface area (Å²) in [6.07, 6.45) is 7.59. The number of allylic oxidation sites excluding steroid dienone is 1. The van der Waals surface area contributed by atoms with E-state index in [2.05, 4.69) is 10.0 Å². The number of hydrogen-bond acceptors (Lipinski definition) is 7.